The van der Waals surface area contributed by atoms with Crippen LogP contribution in [0.3, 0.4) is 0 Å². The maximum Gasteiger partial charge on any atom is 0.472 e. The van der Waals surface area contributed by atoms with Crippen molar-refractivity contribution in [2.75, 3.05) is 39.6 Å². The average Bonchev–Trinajstić information content (AvgIpc) is 0.918. The van der Waals surface area contributed by atoms with Gasteiger partial charge >= 0.3 is 39.5 Å². The van der Waals surface area contributed by atoms with Crippen LogP contribution in [-0.2, 0) is 65.4 Å². The minimum atomic E-state index is -4.97. The molecule has 0 saturated heterocycles. The monoisotopic (exact) mass is 1540 g/mol. The fourth-order valence-corrected chi connectivity index (χ4v) is 15.0. The van der Waals surface area contributed by atoms with E-state index in [0.29, 0.717) is 25.7 Å². The van der Waals surface area contributed by atoms with E-state index in [9.17, 15) is 43.2 Å². The van der Waals surface area contributed by atoms with Gasteiger partial charge in [0.15, 0.2) is 12.2 Å². The van der Waals surface area contributed by atoms with Crippen molar-refractivity contribution in [2.45, 2.75) is 483 Å². The number of esters is 4. The number of aliphatic hydroxyl groups excluding tert-OH is 1. The van der Waals surface area contributed by atoms with Gasteiger partial charge in [0, 0.05) is 25.7 Å². The van der Waals surface area contributed by atoms with Crippen LogP contribution in [0.1, 0.15) is 465 Å². The molecule has 6 atom stereocenters. The number of rotatable bonds is 86. The fraction of sp³-hybridized carbons (Fsp3) is 0.953. The van der Waals surface area contributed by atoms with Crippen LogP contribution in [0.25, 0.3) is 0 Å². The molecule has 105 heavy (non-hydrogen) atoms. The van der Waals surface area contributed by atoms with Gasteiger partial charge in [0.05, 0.1) is 26.4 Å². The van der Waals surface area contributed by atoms with Crippen LogP contribution < -0.4 is 0 Å². The number of hydrogen-bond acceptors (Lipinski definition) is 15. The van der Waals surface area contributed by atoms with Crippen LogP contribution in [0.5, 0.6) is 0 Å². The van der Waals surface area contributed by atoms with Crippen molar-refractivity contribution in [2.24, 2.45) is 5.92 Å². The lowest BCUT2D eigenvalue weighted by molar-refractivity contribution is -0.161. The SMILES string of the molecule is CCCCCCCCCCCCCCCCCCCCCCCC(=O)O[C@H](COC(=O)CCCCCCCCCCCCCCCCCCCCC)COP(=O)(O)OC[C@@H](O)COP(=O)(O)OC[C@@H](COC(=O)CCCCCCCCCCC(C)CC)OC(=O)CCCCCCCCCCCCCCC. The molecular weight excluding hydrogens is 1370 g/mol. The standard InChI is InChI=1S/C86H168O17P2/c1-6-10-13-16-19-22-25-28-30-32-34-35-37-39-41-44-47-50-57-62-67-72-86(91)102-81(75-96-83(88)69-64-59-54-48-45-43-40-38-36-33-31-29-26-23-20-17-14-11-7-2)77-100-104(92,93)98-73-80(87)74-99-105(94,95)101-78-82(76-97-84(89)70-65-60-55-52-51-53-58-63-68-79(5)9-4)103-85(90)71-66-61-56-49-46-42-27-24-21-18-15-12-8-3/h79-82,87H,6-78H2,1-5H3,(H,92,93)(H,94,95)/t79?,80-,81-,82-/m1/s1. The van der Waals surface area contributed by atoms with E-state index in [0.717, 1.165) is 95.8 Å². The van der Waals surface area contributed by atoms with Crippen LogP contribution in [0, 0.1) is 5.92 Å². The van der Waals surface area contributed by atoms with Gasteiger partial charge in [0.25, 0.3) is 0 Å². The van der Waals surface area contributed by atoms with Gasteiger partial charge in [-0.1, -0.05) is 413 Å². The lowest BCUT2D eigenvalue weighted by Crippen LogP contribution is -2.30. The zero-order valence-corrected chi connectivity index (χ0v) is 70.7. The predicted molar refractivity (Wildman–Crippen MR) is 432 cm³/mol. The number of ether oxygens (including phenoxy) is 4. The van der Waals surface area contributed by atoms with Crippen LogP contribution in [0.4, 0.5) is 0 Å². The smallest absolute Gasteiger partial charge is 0.462 e. The Morgan fingerprint density at radius 3 is 0.676 bits per heavy atom. The Labute approximate surface area is 645 Å². The molecule has 17 nitrogen and oxygen atoms in total. The lowest BCUT2D eigenvalue weighted by Gasteiger charge is -2.21. The number of phosphoric acid groups is 2. The Bertz CT molecular complexity index is 2000. The molecule has 0 heterocycles. The van der Waals surface area contributed by atoms with Gasteiger partial charge in [-0.15, -0.1) is 0 Å². The second kappa shape index (κ2) is 78.7. The van der Waals surface area contributed by atoms with E-state index in [2.05, 4.69) is 34.6 Å². The molecule has 0 aromatic carbocycles. The summed E-state index contributed by atoms with van der Waals surface area (Å²) < 4.78 is 68.9. The second-order valence-corrected chi connectivity index (χ2v) is 34.1. The molecule has 0 aliphatic carbocycles. The van der Waals surface area contributed by atoms with Crippen LogP contribution in [-0.4, -0.2) is 96.7 Å². The first-order valence-corrected chi connectivity index (χ1v) is 47.7. The second-order valence-electron chi connectivity index (χ2n) is 31.2. The summed E-state index contributed by atoms with van der Waals surface area (Å²) >= 11 is 0. The summed E-state index contributed by atoms with van der Waals surface area (Å²) in [6.45, 7) is 7.36. The van der Waals surface area contributed by atoms with E-state index in [4.69, 9.17) is 37.0 Å². The van der Waals surface area contributed by atoms with Crippen molar-refractivity contribution in [3.05, 3.63) is 0 Å². The third-order valence-corrected chi connectivity index (χ3v) is 22.5. The number of unbranched alkanes of at least 4 members (excludes halogenated alkanes) is 57. The largest absolute Gasteiger partial charge is 0.472 e. The van der Waals surface area contributed by atoms with Crippen LogP contribution in [0.15, 0.2) is 0 Å². The highest BCUT2D eigenvalue weighted by atomic mass is 31.2. The van der Waals surface area contributed by atoms with Gasteiger partial charge in [0.2, 0.25) is 0 Å². The van der Waals surface area contributed by atoms with Gasteiger partial charge in [-0.2, -0.15) is 0 Å². The predicted octanol–water partition coefficient (Wildman–Crippen LogP) is 26.4. The Hall–Kier alpha value is -1.94. The van der Waals surface area contributed by atoms with Crippen molar-refractivity contribution in [1.82, 2.24) is 0 Å². The molecule has 0 aliphatic heterocycles. The zero-order valence-electron chi connectivity index (χ0n) is 68.9. The average molecular weight is 1540 g/mol. The normalized spacial score (nSPS) is 14.0. The highest BCUT2D eigenvalue weighted by molar-refractivity contribution is 7.47. The van der Waals surface area contributed by atoms with Gasteiger partial charge in [0.1, 0.15) is 19.3 Å². The van der Waals surface area contributed by atoms with E-state index in [1.165, 1.54) is 289 Å². The van der Waals surface area contributed by atoms with E-state index in [1.807, 2.05) is 0 Å². The van der Waals surface area contributed by atoms with E-state index < -0.39 is 97.5 Å². The van der Waals surface area contributed by atoms with Crippen molar-refractivity contribution in [1.29, 1.82) is 0 Å². The molecule has 0 radical (unpaired) electrons. The summed E-state index contributed by atoms with van der Waals surface area (Å²) in [6, 6.07) is 0. The molecule has 0 bridgehead atoms. The first-order valence-electron chi connectivity index (χ1n) is 44.7. The molecule has 19 heteroatoms. The van der Waals surface area contributed by atoms with Crippen molar-refractivity contribution < 1.29 is 80.2 Å². The first kappa shape index (κ1) is 103. The van der Waals surface area contributed by atoms with Gasteiger partial charge in [-0.05, 0) is 31.6 Å². The van der Waals surface area contributed by atoms with Gasteiger partial charge in [-0.3, -0.25) is 37.3 Å². The molecule has 0 spiro atoms. The van der Waals surface area contributed by atoms with Crippen LogP contribution >= 0.6 is 15.6 Å². The summed E-state index contributed by atoms with van der Waals surface area (Å²) in [5.41, 5.74) is 0. The number of aliphatic hydroxyl groups is 1. The molecule has 0 aromatic rings. The number of hydrogen-bond donors (Lipinski definition) is 3. The molecule has 0 rings (SSSR count). The van der Waals surface area contributed by atoms with Crippen molar-refractivity contribution in [3.8, 4) is 0 Å². The molecule has 0 fully saturated rings. The molecular formula is C86H168O17P2. The first-order chi connectivity index (χ1) is 51.1. The molecule has 624 valence electrons. The van der Waals surface area contributed by atoms with E-state index >= 15 is 0 Å². The van der Waals surface area contributed by atoms with Crippen molar-refractivity contribution >= 4 is 39.5 Å². The van der Waals surface area contributed by atoms with Gasteiger partial charge in [-0.25, -0.2) is 9.13 Å². The third-order valence-electron chi connectivity index (χ3n) is 20.6. The Morgan fingerprint density at radius 2 is 0.457 bits per heavy atom. The number of carbonyl (C=O) groups is 4. The quantitative estimate of drug-likeness (QED) is 0.0222. The summed E-state index contributed by atoms with van der Waals surface area (Å²) in [4.78, 5) is 73.2. The molecule has 3 N–H and O–H groups in total. The molecule has 0 saturated carbocycles. The molecule has 0 amide bonds. The lowest BCUT2D eigenvalue weighted by atomic mass is 9.99. The zero-order chi connectivity index (χ0) is 76.9. The highest BCUT2D eigenvalue weighted by Crippen LogP contribution is 2.45. The fourth-order valence-electron chi connectivity index (χ4n) is 13.4. The molecule has 0 aromatic heterocycles. The van der Waals surface area contributed by atoms with Crippen molar-refractivity contribution in [3.63, 3.8) is 0 Å². The highest BCUT2D eigenvalue weighted by Gasteiger charge is 2.30. The topological polar surface area (TPSA) is 237 Å². The molecule has 0 aliphatic rings. The summed E-state index contributed by atoms with van der Waals surface area (Å²) in [5, 5.41) is 10.7. The summed E-state index contributed by atoms with van der Waals surface area (Å²) in [7, 11) is -9.93. The number of carbonyl (C=O) groups excluding carboxylic acids is 4. The van der Waals surface area contributed by atoms with E-state index in [-0.39, 0.29) is 25.7 Å². The van der Waals surface area contributed by atoms with E-state index in [1.54, 1.807) is 0 Å². The molecule has 3 unspecified atom stereocenters. The number of phosphoric ester groups is 2. The van der Waals surface area contributed by atoms with Gasteiger partial charge < -0.3 is 33.8 Å². The Morgan fingerprint density at radius 1 is 0.267 bits per heavy atom. The maximum atomic E-state index is 13.2. The maximum absolute atomic E-state index is 13.2. The third kappa shape index (κ3) is 78.5. The van der Waals surface area contributed by atoms with Crippen LogP contribution in [0.2, 0.25) is 0 Å². The Kier molecular flexibility index (Phi) is 77.3. The summed E-state index contributed by atoms with van der Waals surface area (Å²) in [5.74, 6) is -1.32. The Balaban J connectivity index is 5.23. The summed E-state index contributed by atoms with van der Waals surface area (Å²) in [6.07, 6.45) is 72.2. The minimum Gasteiger partial charge on any atom is -0.462 e. The minimum absolute atomic E-state index is 0.108.